The first kappa shape index (κ1) is 30.4. The minimum absolute atomic E-state index is 0.00884. The van der Waals surface area contributed by atoms with Gasteiger partial charge in [-0.3, -0.25) is 0 Å². The van der Waals surface area contributed by atoms with E-state index in [4.69, 9.17) is 14.2 Å². The number of ether oxygens (including phenoxy) is 3. The van der Waals surface area contributed by atoms with Crippen LogP contribution in [0.5, 0.6) is 0 Å². The Balaban J connectivity index is 4.53. The average molecular weight is 453 g/mol. The number of hydrogen-bond donors (Lipinski definition) is 5. The van der Waals surface area contributed by atoms with Crippen LogP contribution in [0.1, 0.15) is 60.3 Å². The fourth-order valence-electron chi connectivity index (χ4n) is 3.44. The summed E-state index contributed by atoms with van der Waals surface area (Å²) in [5, 5.41) is 47.7. The van der Waals surface area contributed by atoms with Crippen molar-refractivity contribution in [1.29, 1.82) is 0 Å². The maximum absolute atomic E-state index is 10.7. The van der Waals surface area contributed by atoms with Gasteiger partial charge in [-0.1, -0.05) is 20.8 Å². The smallest absolute Gasteiger partial charge is 0.181 e. The fourth-order valence-corrected chi connectivity index (χ4v) is 3.44. The Labute approximate surface area is 186 Å². The van der Waals surface area contributed by atoms with Crippen molar-refractivity contribution in [1.82, 2.24) is 0 Å². The summed E-state index contributed by atoms with van der Waals surface area (Å²) in [6, 6.07) is 0. The van der Waals surface area contributed by atoms with E-state index in [0.29, 0.717) is 19.3 Å². The highest BCUT2D eigenvalue weighted by atomic mass is 16.7. The molecular formula is C22H44O9. The van der Waals surface area contributed by atoms with Crippen molar-refractivity contribution in [2.45, 2.75) is 90.5 Å². The molecule has 0 heterocycles. The van der Waals surface area contributed by atoms with Gasteiger partial charge in [-0.2, -0.15) is 0 Å². The number of carbonyl (C=O) groups is 1. The Hall–Kier alpha value is -0.650. The van der Waals surface area contributed by atoms with Gasteiger partial charge in [-0.25, -0.2) is 0 Å². The SMILES string of the molecule is CC(CC(C)(C)CCC(O)COC(CO)OC(C)(C)CC=O)C(CO)OC(CO)CO. The third-order valence-corrected chi connectivity index (χ3v) is 5.27. The zero-order valence-electron chi connectivity index (χ0n) is 19.7. The molecule has 4 unspecified atom stereocenters. The van der Waals surface area contributed by atoms with Crippen LogP contribution >= 0.6 is 0 Å². The predicted molar refractivity (Wildman–Crippen MR) is 115 cm³/mol. The third-order valence-electron chi connectivity index (χ3n) is 5.27. The zero-order valence-corrected chi connectivity index (χ0v) is 19.7. The molecule has 0 saturated heterocycles. The maximum Gasteiger partial charge on any atom is 0.181 e. The summed E-state index contributed by atoms with van der Waals surface area (Å²) in [4.78, 5) is 10.7. The van der Waals surface area contributed by atoms with Gasteiger partial charge >= 0.3 is 0 Å². The normalized spacial score (nSPS) is 16.9. The molecule has 9 heteroatoms. The second kappa shape index (κ2) is 15.2. The van der Waals surface area contributed by atoms with E-state index in [1.165, 1.54) is 0 Å². The highest BCUT2D eigenvalue weighted by molar-refractivity contribution is 5.51. The van der Waals surface area contributed by atoms with Crippen LogP contribution in [-0.2, 0) is 19.0 Å². The van der Waals surface area contributed by atoms with Crippen LogP contribution in [0, 0.1) is 11.3 Å². The predicted octanol–water partition coefficient (Wildman–Crippen LogP) is 0.630. The van der Waals surface area contributed by atoms with E-state index >= 15 is 0 Å². The summed E-state index contributed by atoms with van der Waals surface area (Å²) >= 11 is 0. The van der Waals surface area contributed by atoms with E-state index in [1.807, 2.05) is 6.92 Å². The van der Waals surface area contributed by atoms with Crippen LogP contribution in [0.15, 0.2) is 0 Å². The van der Waals surface area contributed by atoms with Crippen molar-refractivity contribution in [2.75, 3.05) is 33.0 Å². The molecule has 0 amide bonds. The van der Waals surface area contributed by atoms with Crippen molar-refractivity contribution >= 4 is 6.29 Å². The molecule has 0 aliphatic heterocycles. The molecule has 5 N–H and O–H groups in total. The number of carbonyl (C=O) groups excluding carboxylic acids is 1. The lowest BCUT2D eigenvalue weighted by atomic mass is 9.77. The quantitative estimate of drug-likeness (QED) is 0.141. The lowest BCUT2D eigenvalue weighted by Gasteiger charge is -2.33. The van der Waals surface area contributed by atoms with E-state index in [-0.39, 0.29) is 50.8 Å². The minimum Gasteiger partial charge on any atom is -0.394 e. The zero-order chi connectivity index (χ0) is 24.1. The van der Waals surface area contributed by atoms with Crippen LogP contribution in [0.2, 0.25) is 0 Å². The van der Waals surface area contributed by atoms with Crippen molar-refractivity contribution in [3.05, 3.63) is 0 Å². The molecular weight excluding hydrogens is 408 g/mol. The summed E-state index contributed by atoms with van der Waals surface area (Å²) in [6.07, 6.45) is -0.137. The first-order chi connectivity index (χ1) is 14.4. The van der Waals surface area contributed by atoms with Crippen LogP contribution in [0.3, 0.4) is 0 Å². The second-order valence-electron chi connectivity index (χ2n) is 9.58. The van der Waals surface area contributed by atoms with Gasteiger partial charge in [-0.15, -0.1) is 0 Å². The van der Waals surface area contributed by atoms with E-state index in [0.717, 1.165) is 6.29 Å². The highest BCUT2D eigenvalue weighted by Crippen LogP contribution is 2.33. The molecule has 0 aromatic heterocycles. The van der Waals surface area contributed by atoms with Crippen molar-refractivity contribution in [3.63, 3.8) is 0 Å². The van der Waals surface area contributed by atoms with E-state index in [1.54, 1.807) is 13.8 Å². The molecule has 186 valence electrons. The summed E-state index contributed by atoms with van der Waals surface area (Å²) in [5.74, 6) is -0.0267. The van der Waals surface area contributed by atoms with Crippen molar-refractivity contribution in [2.24, 2.45) is 11.3 Å². The van der Waals surface area contributed by atoms with Gasteiger partial charge in [-0.05, 0) is 44.4 Å². The van der Waals surface area contributed by atoms with Crippen molar-refractivity contribution < 1.29 is 44.5 Å². The monoisotopic (exact) mass is 452 g/mol. The number of rotatable bonds is 19. The molecule has 0 fully saturated rings. The molecule has 0 spiro atoms. The molecule has 31 heavy (non-hydrogen) atoms. The Morgan fingerprint density at radius 2 is 1.58 bits per heavy atom. The number of aliphatic hydroxyl groups excluding tert-OH is 5. The largest absolute Gasteiger partial charge is 0.394 e. The molecule has 9 nitrogen and oxygen atoms in total. The lowest BCUT2D eigenvalue weighted by Crippen LogP contribution is -2.37. The molecule has 0 radical (unpaired) electrons. The van der Waals surface area contributed by atoms with Crippen molar-refractivity contribution in [3.8, 4) is 0 Å². The van der Waals surface area contributed by atoms with Gasteiger partial charge in [0.1, 0.15) is 12.4 Å². The number of hydrogen-bond acceptors (Lipinski definition) is 9. The Morgan fingerprint density at radius 1 is 0.968 bits per heavy atom. The Morgan fingerprint density at radius 3 is 2.06 bits per heavy atom. The first-order valence-electron chi connectivity index (χ1n) is 10.9. The van der Waals surface area contributed by atoms with Gasteiger partial charge in [0.2, 0.25) is 0 Å². The van der Waals surface area contributed by atoms with E-state index in [2.05, 4.69) is 13.8 Å². The molecule has 0 aromatic carbocycles. The van der Waals surface area contributed by atoms with Gasteiger partial charge in [0.25, 0.3) is 0 Å². The average Bonchev–Trinajstić information content (AvgIpc) is 2.70. The fraction of sp³-hybridized carbons (Fsp3) is 0.955. The second-order valence-corrected chi connectivity index (χ2v) is 9.58. The Kier molecular flexibility index (Phi) is 14.9. The maximum atomic E-state index is 10.7. The molecule has 0 aromatic rings. The minimum atomic E-state index is -0.925. The first-order valence-corrected chi connectivity index (χ1v) is 10.9. The molecule has 4 atom stereocenters. The molecule has 0 aliphatic carbocycles. The molecule has 0 rings (SSSR count). The van der Waals surface area contributed by atoms with Crippen LogP contribution < -0.4 is 0 Å². The third kappa shape index (κ3) is 13.5. The summed E-state index contributed by atoms with van der Waals surface area (Å²) < 4.78 is 16.6. The van der Waals surface area contributed by atoms with Gasteiger partial charge in [0, 0.05) is 6.42 Å². The van der Waals surface area contributed by atoms with E-state index in [9.17, 15) is 30.3 Å². The molecule has 0 saturated carbocycles. The van der Waals surface area contributed by atoms with Crippen LogP contribution in [0.25, 0.3) is 0 Å². The number of aldehydes is 1. The standard InChI is InChI=1S/C22H44O9/c1-16(19(13-26)30-18(11-24)12-25)10-21(2,3)7-6-17(28)15-29-20(14-27)31-22(4,5)8-9-23/h9,16-20,24-28H,6-8,10-15H2,1-5H3. The highest BCUT2D eigenvalue weighted by Gasteiger charge is 2.29. The Bertz CT molecular complexity index is 466. The number of aliphatic hydroxyl groups is 5. The molecule has 0 bridgehead atoms. The topological polar surface area (TPSA) is 146 Å². The van der Waals surface area contributed by atoms with Crippen LogP contribution in [-0.4, -0.2) is 95.1 Å². The molecule has 0 aliphatic rings. The van der Waals surface area contributed by atoms with Gasteiger partial charge in [0.05, 0.1) is 50.8 Å². The summed E-state index contributed by atoms with van der Waals surface area (Å²) in [6.45, 7) is 8.26. The van der Waals surface area contributed by atoms with E-state index < -0.39 is 30.2 Å². The summed E-state index contributed by atoms with van der Waals surface area (Å²) in [7, 11) is 0. The van der Waals surface area contributed by atoms with Gasteiger partial charge in [0.15, 0.2) is 6.29 Å². The summed E-state index contributed by atoms with van der Waals surface area (Å²) in [5.41, 5.74) is -0.932. The van der Waals surface area contributed by atoms with Crippen LogP contribution in [0.4, 0.5) is 0 Å². The van der Waals surface area contributed by atoms with Gasteiger partial charge < -0.3 is 44.5 Å². The lowest BCUT2D eigenvalue weighted by molar-refractivity contribution is -0.223.